The molecular formula is C19H15F3O4. The van der Waals surface area contributed by atoms with E-state index in [1.807, 2.05) is 0 Å². The first-order valence-electron chi connectivity index (χ1n) is 7.70. The molecule has 0 radical (unpaired) electrons. The molecule has 0 fully saturated rings. The van der Waals surface area contributed by atoms with Crippen molar-refractivity contribution in [3.63, 3.8) is 0 Å². The Balaban J connectivity index is 2.13. The van der Waals surface area contributed by atoms with E-state index in [9.17, 15) is 23.1 Å². The van der Waals surface area contributed by atoms with E-state index in [4.69, 9.17) is 9.47 Å². The van der Waals surface area contributed by atoms with Crippen molar-refractivity contribution >= 4 is 12.0 Å². The van der Waals surface area contributed by atoms with Gasteiger partial charge in [-0.15, -0.1) is 0 Å². The minimum absolute atomic E-state index is 0.0108. The molecule has 7 heteroatoms. The van der Waals surface area contributed by atoms with Crippen LogP contribution in [0.3, 0.4) is 0 Å². The maximum atomic E-state index is 14.1. The molecule has 0 spiro atoms. The van der Waals surface area contributed by atoms with Crippen LogP contribution in [0.1, 0.15) is 11.1 Å². The number of carbonyl (C=O) groups is 1. The van der Waals surface area contributed by atoms with E-state index in [-0.39, 0.29) is 11.3 Å². The van der Waals surface area contributed by atoms with Gasteiger partial charge in [0.05, 0.1) is 12.7 Å². The van der Waals surface area contributed by atoms with Crippen molar-refractivity contribution in [2.24, 2.45) is 0 Å². The molecule has 0 saturated heterocycles. The van der Waals surface area contributed by atoms with Crippen molar-refractivity contribution < 1.29 is 32.5 Å². The minimum Gasteiger partial charge on any atom is -0.497 e. The summed E-state index contributed by atoms with van der Waals surface area (Å²) in [6, 6.07) is 12.0. The highest BCUT2D eigenvalue weighted by atomic mass is 19.4. The molecule has 0 bridgehead atoms. The van der Waals surface area contributed by atoms with Crippen LogP contribution < -0.4 is 9.47 Å². The Kier molecular flexibility index (Phi) is 4.39. The SMILES string of the molecule is COc1ccc(CC2(C(F)(F)F)Oc3ccccc3C=C2C(=O)O)cc1. The van der Waals surface area contributed by atoms with Crippen molar-refractivity contribution in [2.75, 3.05) is 7.11 Å². The normalized spacial score (nSPS) is 19.2. The van der Waals surface area contributed by atoms with Gasteiger partial charge in [-0.1, -0.05) is 30.3 Å². The molecule has 1 aliphatic heterocycles. The highest BCUT2D eigenvalue weighted by Crippen LogP contribution is 2.47. The Hall–Kier alpha value is -2.96. The maximum absolute atomic E-state index is 14.1. The molecule has 26 heavy (non-hydrogen) atoms. The van der Waals surface area contributed by atoms with Crippen molar-refractivity contribution in [1.82, 2.24) is 0 Å². The van der Waals surface area contributed by atoms with Crippen LogP contribution in [0.15, 0.2) is 54.1 Å². The van der Waals surface area contributed by atoms with E-state index in [1.165, 1.54) is 49.6 Å². The van der Waals surface area contributed by atoms with E-state index in [0.29, 0.717) is 11.3 Å². The number of para-hydroxylation sites is 1. The maximum Gasteiger partial charge on any atom is 0.433 e. The first-order chi connectivity index (χ1) is 12.3. The third-order valence-corrected chi connectivity index (χ3v) is 4.24. The van der Waals surface area contributed by atoms with Crippen molar-refractivity contribution in [3.8, 4) is 11.5 Å². The lowest BCUT2D eigenvalue weighted by atomic mass is 9.82. The van der Waals surface area contributed by atoms with Crippen LogP contribution in [-0.2, 0) is 11.2 Å². The first kappa shape index (κ1) is 17.8. The number of carboxylic acids is 1. The average molecular weight is 364 g/mol. The summed E-state index contributed by atoms with van der Waals surface area (Å²) in [4.78, 5) is 11.6. The van der Waals surface area contributed by atoms with E-state index >= 15 is 0 Å². The Morgan fingerprint density at radius 2 is 1.81 bits per heavy atom. The van der Waals surface area contributed by atoms with E-state index in [0.717, 1.165) is 6.08 Å². The second-order valence-electron chi connectivity index (χ2n) is 5.85. The van der Waals surface area contributed by atoms with Crippen LogP contribution in [0.5, 0.6) is 11.5 Å². The van der Waals surface area contributed by atoms with Crippen LogP contribution in [0, 0.1) is 0 Å². The van der Waals surface area contributed by atoms with E-state index < -0.39 is 29.7 Å². The number of hydrogen-bond donors (Lipinski definition) is 1. The molecule has 0 saturated carbocycles. The number of rotatable bonds is 4. The second-order valence-corrected chi connectivity index (χ2v) is 5.85. The van der Waals surface area contributed by atoms with Crippen LogP contribution in [0.25, 0.3) is 6.08 Å². The molecule has 1 atom stereocenters. The molecule has 2 aromatic rings. The van der Waals surface area contributed by atoms with Gasteiger partial charge in [0, 0.05) is 12.0 Å². The molecule has 2 aromatic carbocycles. The molecule has 1 unspecified atom stereocenters. The fourth-order valence-electron chi connectivity index (χ4n) is 2.91. The summed E-state index contributed by atoms with van der Waals surface area (Å²) in [6.07, 6.45) is -4.59. The molecule has 4 nitrogen and oxygen atoms in total. The zero-order chi connectivity index (χ0) is 18.9. The number of halogens is 3. The van der Waals surface area contributed by atoms with Crippen LogP contribution in [0.2, 0.25) is 0 Å². The largest absolute Gasteiger partial charge is 0.497 e. The topological polar surface area (TPSA) is 55.8 Å². The third-order valence-electron chi connectivity index (χ3n) is 4.24. The number of hydrogen-bond acceptors (Lipinski definition) is 3. The number of methoxy groups -OCH3 is 1. The first-order valence-corrected chi connectivity index (χ1v) is 7.70. The van der Waals surface area contributed by atoms with Gasteiger partial charge in [0.15, 0.2) is 0 Å². The Bertz CT molecular complexity index is 856. The zero-order valence-corrected chi connectivity index (χ0v) is 13.7. The number of alkyl halides is 3. The molecule has 0 aromatic heterocycles. The Labute approximate surface area is 147 Å². The fraction of sp³-hybridized carbons (Fsp3) is 0.211. The van der Waals surface area contributed by atoms with Gasteiger partial charge in [-0.25, -0.2) is 4.79 Å². The number of aliphatic carboxylic acids is 1. The molecular weight excluding hydrogens is 349 g/mol. The third kappa shape index (κ3) is 3.00. The molecule has 0 aliphatic carbocycles. The number of fused-ring (bicyclic) bond motifs is 1. The number of ether oxygens (including phenoxy) is 2. The Morgan fingerprint density at radius 3 is 2.38 bits per heavy atom. The molecule has 136 valence electrons. The molecule has 1 N–H and O–H groups in total. The standard InChI is InChI=1S/C19H15F3O4/c1-25-14-8-6-12(7-9-14)11-18(19(20,21)22)15(17(23)24)10-13-4-2-3-5-16(13)26-18/h2-10H,11H2,1H3,(H,23,24). The molecule has 1 aliphatic rings. The van der Waals surface area contributed by atoms with Gasteiger partial charge < -0.3 is 14.6 Å². The van der Waals surface area contributed by atoms with Crippen LogP contribution in [-0.4, -0.2) is 30.0 Å². The van der Waals surface area contributed by atoms with Gasteiger partial charge in [0.1, 0.15) is 11.5 Å². The molecule has 3 rings (SSSR count). The zero-order valence-electron chi connectivity index (χ0n) is 13.7. The summed E-state index contributed by atoms with van der Waals surface area (Å²) in [6.45, 7) is 0. The van der Waals surface area contributed by atoms with Gasteiger partial charge >= 0.3 is 12.1 Å². The van der Waals surface area contributed by atoms with Crippen molar-refractivity contribution in [3.05, 3.63) is 65.2 Å². The van der Waals surface area contributed by atoms with Gasteiger partial charge in [-0.3, -0.25) is 0 Å². The van der Waals surface area contributed by atoms with Gasteiger partial charge in [-0.05, 0) is 29.8 Å². The average Bonchev–Trinajstić information content (AvgIpc) is 2.60. The van der Waals surface area contributed by atoms with Crippen molar-refractivity contribution in [2.45, 2.75) is 18.2 Å². The van der Waals surface area contributed by atoms with Crippen molar-refractivity contribution in [1.29, 1.82) is 0 Å². The number of carboxylic acid groups (broad SMARTS) is 1. The predicted molar refractivity (Wildman–Crippen MR) is 88.2 cm³/mol. The lowest BCUT2D eigenvalue weighted by Crippen LogP contribution is -2.56. The fourth-order valence-corrected chi connectivity index (χ4v) is 2.91. The molecule has 1 heterocycles. The highest BCUT2D eigenvalue weighted by molar-refractivity contribution is 5.96. The monoisotopic (exact) mass is 364 g/mol. The van der Waals surface area contributed by atoms with E-state index in [2.05, 4.69) is 0 Å². The summed E-state index contributed by atoms with van der Waals surface area (Å²) in [5, 5.41) is 9.45. The van der Waals surface area contributed by atoms with Crippen LogP contribution >= 0.6 is 0 Å². The summed E-state index contributed by atoms with van der Waals surface area (Å²) < 4.78 is 52.5. The lowest BCUT2D eigenvalue weighted by molar-refractivity contribution is -0.235. The Morgan fingerprint density at radius 1 is 1.15 bits per heavy atom. The highest BCUT2D eigenvalue weighted by Gasteiger charge is 2.62. The quantitative estimate of drug-likeness (QED) is 0.888. The minimum atomic E-state index is -4.94. The summed E-state index contributed by atoms with van der Waals surface area (Å²) in [5.74, 6) is -1.20. The smallest absolute Gasteiger partial charge is 0.433 e. The lowest BCUT2D eigenvalue weighted by Gasteiger charge is -2.39. The summed E-state index contributed by atoms with van der Waals surface area (Å²) in [7, 11) is 1.44. The number of benzene rings is 2. The van der Waals surface area contributed by atoms with Gasteiger partial charge in [-0.2, -0.15) is 13.2 Å². The van der Waals surface area contributed by atoms with E-state index in [1.54, 1.807) is 6.07 Å². The van der Waals surface area contributed by atoms with Gasteiger partial charge in [0.2, 0.25) is 5.60 Å². The van der Waals surface area contributed by atoms with Gasteiger partial charge in [0.25, 0.3) is 0 Å². The summed E-state index contributed by atoms with van der Waals surface area (Å²) >= 11 is 0. The second kappa shape index (κ2) is 6.40. The van der Waals surface area contributed by atoms with Crippen LogP contribution in [0.4, 0.5) is 13.2 Å². The molecule has 0 amide bonds. The predicted octanol–water partition coefficient (Wildman–Crippen LogP) is 4.10. The summed E-state index contributed by atoms with van der Waals surface area (Å²) in [5.41, 5.74) is -3.27.